The van der Waals surface area contributed by atoms with Crippen LogP contribution in [0.25, 0.3) is 0 Å². The molecule has 0 saturated heterocycles. The van der Waals surface area contributed by atoms with E-state index in [-0.39, 0.29) is 19.2 Å². The van der Waals surface area contributed by atoms with Crippen molar-refractivity contribution in [2.24, 2.45) is 0 Å². The molecule has 0 aliphatic carbocycles. The second-order valence-corrected chi connectivity index (χ2v) is 7.78. The third-order valence-electron chi connectivity index (χ3n) is 5.02. The molecule has 0 aliphatic rings. The lowest BCUT2D eigenvalue weighted by Gasteiger charge is -2.10. The van der Waals surface area contributed by atoms with Crippen molar-refractivity contribution in [3.05, 3.63) is 0 Å². The quantitative estimate of drug-likeness (QED) is 0.225. The van der Waals surface area contributed by atoms with Gasteiger partial charge in [-0.15, -0.1) is 0 Å². The van der Waals surface area contributed by atoms with Crippen LogP contribution in [0, 0.1) is 0 Å². The molecule has 0 fully saturated rings. The summed E-state index contributed by atoms with van der Waals surface area (Å²) in [6, 6.07) is -0.275. The summed E-state index contributed by atoms with van der Waals surface area (Å²) in [7, 11) is 0. The Morgan fingerprint density at radius 2 is 1.11 bits per heavy atom. The topological polar surface area (TPSA) is 81.6 Å². The van der Waals surface area contributed by atoms with Gasteiger partial charge in [0.1, 0.15) is 0 Å². The summed E-state index contributed by atoms with van der Waals surface area (Å²) in [5, 5.41) is 23.1. The summed E-state index contributed by atoms with van der Waals surface area (Å²) in [5.41, 5.74) is 0. The molecule has 5 nitrogen and oxygen atoms in total. The molecule has 4 N–H and O–H groups in total. The van der Waals surface area contributed by atoms with Crippen LogP contribution in [0.2, 0.25) is 0 Å². The first-order valence-electron chi connectivity index (χ1n) is 11.5. The summed E-state index contributed by atoms with van der Waals surface area (Å²) in [5.74, 6) is 0. The summed E-state index contributed by atoms with van der Waals surface area (Å²) in [6.45, 7) is 2.69. The Morgan fingerprint density at radius 3 is 1.52 bits per heavy atom. The largest absolute Gasteiger partial charge is 0.394 e. The number of nitrogens with one attached hydrogen (secondary N) is 2. The second kappa shape index (κ2) is 21.5. The predicted molar refractivity (Wildman–Crippen MR) is 114 cm³/mol. The van der Waals surface area contributed by atoms with Crippen LogP contribution in [-0.4, -0.2) is 42.0 Å². The van der Waals surface area contributed by atoms with E-state index in [1.54, 1.807) is 0 Å². The van der Waals surface area contributed by atoms with Crippen LogP contribution in [0.5, 0.6) is 0 Å². The molecule has 0 saturated carbocycles. The number of hydrogen-bond donors (Lipinski definition) is 4. The zero-order valence-electron chi connectivity index (χ0n) is 17.8. The first-order valence-corrected chi connectivity index (χ1v) is 11.5. The zero-order valence-corrected chi connectivity index (χ0v) is 17.8. The van der Waals surface area contributed by atoms with Gasteiger partial charge in [0, 0.05) is 13.1 Å². The van der Waals surface area contributed by atoms with Gasteiger partial charge in [0.2, 0.25) is 0 Å². The molecule has 27 heavy (non-hydrogen) atoms. The van der Waals surface area contributed by atoms with Gasteiger partial charge in [-0.05, 0) is 6.42 Å². The Labute approximate surface area is 167 Å². The van der Waals surface area contributed by atoms with E-state index in [1.807, 2.05) is 0 Å². The summed E-state index contributed by atoms with van der Waals surface area (Å²) < 4.78 is 0. The third-order valence-corrected chi connectivity index (χ3v) is 5.02. The van der Waals surface area contributed by atoms with Crippen LogP contribution >= 0.6 is 0 Å². The van der Waals surface area contributed by atoms with E-state index < -0.39 is 6.10 Å². The van der Waals surface area contributed by atoms with Crippen molar-refractivity contribution in [3.8, 4) is 0 Å². The molecule has 0 aromatic rings. The molecule has 1 atom stereocenters. The Hall–Kier alpha value is -0.810. The number of carbonyl (C=O) groups excluding carboxylic acids is 1. The van der Waals surface area contributed by atoms with E-state index in [4.69, 9.17) is 10.2 Å². The molecule has 2 amide bonds. The Morgan fingerprint density at radius 1 is 0.704 bits per heavy atom. The minimum atomic E-state index is -0.883. The number of rotatable bonds is 20. The second-order valence-electron chi connectivity index (χ2n) is 7.78. The molecule has 0 spiro atoms. The number of aliphatic hydroxyl groups excluding tert-OH is 2. The number of aliphatic hydroxyl groups is 2. The van der Waals surface area contributed by atoms with Crippen LogP contribution in [-0.2, 0) is 0 Å². The van der Waals surface area contributed by atoms with Crippen molar-refractivity contribution in [2.75, 3.05) is 19.7 Å². The molecular weight excluding hydrogens is 340 g/mol. The van der Waals surface area contributed by atoms with Crippen molar-refractivity contribution >= 4 is 6.03 Å². The number of urea groups is 1. The van der Waals surface area contributed by atoms with E-state index >= 15 is 0 Å². The summed E-state index contributed by atoms with van der Waals surface area (Å²) in [6.07, 6.45) is 20.6. The van der Waals surface area contributed by atoms with Crippen LogP contribution in [0.15, 0.2) is 0 Å². The van der Waals surface area contributed by atoms with Crippen molar-refractivity contribution < 1.29 is 15.0 Å². The van der Waals surface area contributed by atoms with Gasteiger partial charge in [-0.1, -0.05) is 103 Å². The zero-order chi connectivity index (χ0) is 20.0. The maximum atomic E-state index is 11.4. The molecule has 5 heteroatoms. The van der Waals surface area contributed by atoms with Crippen LogP contribution in [0.1, 0.15) is 110 Å². The fourth-order valence-electron chi connectivity index (χ4n) is 3.21. The highest BCUT2D eigenvalue weighted by Crippen LogP contribution is 2.13. The first-order chi connectivity index (χ1) is 13.2. The molecule has 0 rings (SSSR count). The van der Waals surface area contributed by atoms with E-state index in [1.165, 1.54) is 89.9 Å². The molecule has 0 aromatic carbocycles. The number of amides is 2. The highest BCUT2D eigenvalue weighted by Gasteiger charge is 2.04. The maximum absolute atomic E-state index is 11.4. The smallest absolute Gasteiger partial charge is 0.314 e. The summed E-state index contributed by atoms with van der Waals surface area (Å²) >= 11 is 0. The lowest BCUT2D eigenvalue weighted by Crippen LogP contribution is -2.40. The number of hydrogen-bond acceptors (Lipinski definition) is 3. The molecule has 0 aromatic heterocycles. The van der Waals surface area contributed by atoms with E-state index in [9.17, 15) is 4.79 Å². The van der Waals surface area contributed by atoms with Gasteiger partial charge in [0.05, 0.1) is 12.7 Å². The van der Waals surface area contributed by atoms with Gasteiger partial charge in [0.15, 0.2) is 0 Å². The van der Waals surface area contributed by atoms with E-state index in [2.05, 4.69) is 17.6 Å². The van der Waals surface area contributed by atoms with Gasteiger partial charge in [0.25, 0.3) is 0 Å². The first kappa shape index (κ1) is 26.2. The van der Waals surface area contributed by atoms with E-state index in [0.29, 0.717) is 6.54 Å². The predicted octanol–water partition coefficient (Wildman–Crippen LogP) is 4.90. The van der Waals surface area contributed by atoms with E-state index in [0.717, 1.165) is 12.8 Å². The summed E-state index contributed by atoms with van der Waals surface area (Å²) in [4.78, 5) is 11.4. The highest BCUT2D eigenvalue weighted by molar-refractivity contribution is 5.73. The van der Waals surface area contributed by atoms with Crippen molar-refractivity contribution in [2.45, 2.75) is 116 Å². The molecule has 162 valence electrons. The maximum Gasteiger partial charge on any atom is 0.314 e. The van der Waals surface area contributed by atoms with Crippen molar-refractivity contribution in [3.63, 3.8) is 0 Å². The van der Waals surface area contributed by atoms with Crippen molar-refractivity contribution in [1.82, 2.24) is 10.6 Å². The fourth-order valence-corrected chi connectivity index (χ4v) is 3.21. The SMILES string of the molecule is CCCCCCCCCCCCCCCCCCNC(=O)NCC(O)CO. The monoisotopic (exact) mass is 386 g/mol. The molecule has 0 bridgehead atoms. The Balaban J connectivity index is 3.11. The molecule has 0 aliphatic heterocycles. The van der Waals surface area contributed by atoms with Gasteiger partial charge in [-0.2, -0.15) is 0 Å². The lowest BCUT2D eigenvalue weighted by molar-refractivity contribution is 0.0959. The van der Waals surface area contributed by atoms with Gasteiger partial charge in [-0.3, -0.25) is 0 Å². The standard InChI is InChI=1S/C22H46N2O3/c1-2-3-4-5-6-7-8-9-10-11-12-13-14-15-16-17-18-23-22(27)24-19-21(26)20-25/h21,25-26H,2-20H2,1H3,(H2,23,24,27). The molecule has 0 radical (unpaired) electrons. The van der Waals surface area contributed by atoms with Crippen LogP contribution < -0.4 is 10.6 Å². The fraction of sp³-hybridized carbons (Fsp3) is 0.955. The molecule has 1 unspecified atom stereocenters. The average molecular weight is 387 g/mol. The minimum Gasteiger partial charge on any atom is -0.394 e. The molecular formula is C22H46N2O3. The van der Waals surface area contributed by atoms with Crippen LogP contribution in [0.4, 0.5) is 4.79 Å². The Kier molecular flexibility index (Phi) is 20.8. The van der Waals surface area contributed by atoms with Gasteiger partial charge >= 0.3 is 6.03 Å². The van der Waals surface area contributed by atoms with Crippen LogP contribution in [0.3, 0.4) is 0 Å². The Bertz CT molecular complexity index is 314. The van der Waals surface area contributed by atoms with Crippen molar-refractivity contribution in [1.29, 1.82) is 0 Å². The number of carbonyl (C=O) groups is 1. The van der Waals surface area contributed by atoms with Gasteiger partial charge < -0.3 is 20.8 Å². The van der Waals surface area contributed by atoms with Gasteiger partial charge in [-0.25, -0.2) is 4.79 Å². The third kappa shape index (κ3) is 21.3. The lowest BCUT2D eigenvalue weighted by atomic mass is 10.0. The molecule has 0 heterocycles. The minimum absolute atomic E-state index is 0.0846. The normalized spacial score (nSPS) is 12.1. The highest BCUT2D eigenvalue weighted by atomic mass is 16.3. The average Bonchev–Trinajstić information content (AvgIpc) is 2.68. The number of unbranched alkanes of at least 4 members (excludes halogenated alkanes) is 15.